The minimum Gasteiger partial charge on any atom is -0.390 e. The van der Waals surface area contributed by atoms with Crippen molar-refractivity contribution in [1.82, 2.24) is 4.31 Å². The van der Waals surface area contributed by atoms with E-state index in [-0.39, 0.29) is 10.6 Å². The molecule has 0 unspecified atom stereocenters. The molecule has 0 spiro atoms. The Morgan fingerprint density at radius 2 is 1.86 bits per heavy atom. The van der Waals surface area contributed by atoms with Crippen LogP contribution >= 0.6 is 0 Å². The highest BCUT2D eigenvalue weighted by Gasteiger charge is 2.43. The smallest absolute Gasteiger partial charge is 0.243 e. The van der Waals surface area contributed by atoms with E-state index in [2.05, 4.69) is 0 Å². The molecule has 1 aromatic carbocycles. The van der Waals surface area contributed by atoms with Gasteiger partial charge in [0.25, 0.3) is 0 Å². The van der Waals surface area contributed by atoms with Crippen LogP contribution in [0.3, 0.4) is 0 Å². The Morgan fingerprint density at radius 1 is 1.24 bits per heavy atom. The van der Waals surface area contributed by atoms with Crippen LogP contribution in [0.5, 0.6) is 0 Å². The maximum Gasteiger partial charge on any atom is 0.243 e. The average Bonchev–Trinajstić information content (AvgIpc) is 2.61. The molecule has 1 fully saturated rings. The summed E-state index contributed by atoms with van der Waals surface area (Å²) in [7, 11) is -5.94. The van der Waals surface area contributed by atoms with Crippen LogP contribution in [0.25, 0.3) is 0 Å². The van der Waals surface area contributed by atoms with Gasteiger partial charge in [-0.25, -0.2) is 16.8 Å². The first-order valence-corrected chi connectivity index (χ1v) is 9.74. The predicted molar refractivity (Wildman–Crippen MR) is 79.3 cm³/mol. The summed E-state index contributed by atoms with van der Waals surface area (Å²) < 4.78 is 49.3. The second kappa shape index (κ2) is 5.35. The van der Waals surface area contributed by atoms with Crippen molar-refractivity contribution in [3.8, 4) is 0 Å². The number of aryl methyl sites for hydroxylation is 2. The van der Waals surface area contributed by atoms with E-state index in [0.717, 1.165) is 9.87 Å². The van der Waals surface area contributed by atoms with Crippen molar-refractivity contribution in [3.63, 3.8) is 0 Å². The second-order valence-electron chi connectivity index (χ2n) is 5.50. The monoisotopic (exact) mass is 333 g/mol. The lowest BCUT2D eigenvalue weighted by Crippen LogP contribution is -2.44. The Morgan fingerprint density at radius 3 is 2.33 bits per heavy atom. The molecule has 6 nitrogen and oxygen atoms in total. The van der Waals surface area contributed by atoms with E-state index in [0.29, 0.717) is 5.56 Å². The molecular formula is C13H19NO5S2. The third-order valence-electron chi connectivity index (χ3n) is 3.75. The Kier molecular flexibility index (Phi) is 4.18. The van der Waals surface area contributed by atoms with Crippen molar-refractivity contribution in [3.05, 3.63) is 29.3 Å². The quantitative estimate of drug-likeness (QED) is 0.846. The molecule has 0 radical (unpaired) electrons. The molecule has 1 N–H and O–H groups in total. The Bertz CT molecular complexity index is 755. The first-order chi connectivity index (χ1) is 9.54. The highest BCUT2D eigenvalue weighted by Crippen LogP contribution is 2.26. The lowest BCUT2D eigenvalue weighted by atomic mass is 10.2. The highest BCUT2D eigenvalue weighted by molar-refractivity contribution is 7.92. The molecule has 2 atom stereocenters. The fourth-order valence-electron chi connectivity index (χ4n) is 2.58. The molecule has 1 saturated heterocycles. The van der Waals surface area contributed by atoms with Gasteiger partial charge in [0.15, 0.2) is 9.84 Å². The number of likely N-dealkylation sites (N-methyl/N-ethyl adjacent to an activating group) is 1. The number of rotatable bonds is 3. The van der Waals surface area contributed by atoms with Crippen molar-refractivity contribution in [2.45, 2.75) is 30.9 Å². The third-order valence-corrected chi connectivity index (χ3v) is 7.49. The molecule has 0 bridgehead atoms. The number of hydrogen-bond acceptors (Lipinski definition) is 5. The van der Waals surface area contributed by atoms with Gasteiger partial charge in [0.1, 0.15) is 0 Å². The number of aliphatic hydroxyl groups is 1. The van der Waals surface area contributed by atoms with Gasteiger partial charge in [0.05, 0.1) is 28.5 Å². The zero-order valence-corrected chi connectivity index (χ0v) is 13.8. The molecule has 2 rings (SSSR count). The van der Waals surface area contributed by atoms with Gasteiger partial charge in [0, 0.05) is 7.05 Å². The van der Waals surface area contributed by atoms with Gasteiger partial charge in [-0.2, -0.15) is 4.31 Å². The summed E-state index contributed by atoms with van der Waals surface area (Å²) >= 11 is 0. The van der Waals surface area contributed by atoms with Crippen LogP contribution in [0.15, 0.2) is 23.1 Å². The fourth-order valence-corrected chi connectivity index (χ4v) is 6.11. The molecule has 8 heteroatoms. The van der Waals surface area contributed by atoms with Gasteiger partial charge in [-0.15, -0.1) is 0 Å². The van der Waals surface area contributed by atoms with Gasteiger partial charge in [-0.1, -0.05) is 17.7 Å². The van der Waals surface area contributed by atoms with Gasteiger partial charge in [-0.3, -0.25) is 0 Å². The maximum atomic E-state index is 12.6. The predicted octanol–water partition coefficient (Wildman–Crippen LogP) is 0.0818. The highest BCUT2D eigenvalue weighted by atomic mass is 32.2. The van der Waals surface area contributed by atoms with E-state index in [9.17, 15) is 21.9 Å². The molecule has 0 aliphatic carbocycles. The van der Waals surface area contributed by atoms with Crippen LogP contribution < -0.4 is 0 Å². The van der Waals surface area contributed by atoms with Gasteiger partial charge < -0.3 is 5.11 Å². The zero-order chi connectivity index (χ0) is 16.0. The summed E-state index contributed by atoms with van der Waals surface area (Å²) in [6.45, 7) is 3.55. The average molecular weight is 333 g/mol. The van der Waals surface area contributed by atoms with E-state index in [4.69, 9.17) is 0 Å². The second-order valence-corrected chi connectivity index (χ2v) is 9.62. The van der Waals surface area contributed by atoms with Crippen LogP contribution in [-0.4, -0.2) is 56.9 Å². The standard InChI is InChI=1S/C13H19NO5S2/c1-9-4-5-13(10(2)6-9)21(18,19)14(3)11-7-20(16,17)8-12(11)15/h4-6,11-12,15H,7-8H2,1-3H3/t11-,12+/m0/s1. The maximum absolute atomic E-state index is 12.6. The summed E-state index contributed by atoms with van der Waals surface area (Å²) in [6.07, 6.45) is -1.19. The number of aliphatic hydroxyl groups excluding tert-OH is 1. The van der Waals surface area contributed by atoms with Crippen molar-refractivity contribution in [2.75, 3.05) is 18.6 Å². The van der Waals surface area contributed by atoms with Crippen LogP contribution in [0.2, 0.25) is 0 Å². The van der Waals surface area contributed by atoms with E-state index in [1.54, 1.807) is 19.1 Å². The molecule has 1 aromatic rings. The van der Waals surface area contributed by atoms with Crippen LogP contribution in [0, 0.1) is 13.8 Å². The molecule has 0 amide bonds. The molecule has 0 aromatic heterocycles. The van der Waals surface area contributed by atoms with E-state index in [1.807, 2.05) is 6.92 Å². The van der Waals surface area contributed by atoms with Crippen LogP contribution in [0.4, 0.5) is 0 Å². The third kappa shape index (κ3) is 3.13. The molecule has 21 heavy (non-hydrogen) atoms. The Hall–Kier alpha value is -0.960. The normalized spacial score (nSPS) is 25.4. The van der Waals surface area contributed by atoms with Crippen molar-refractivity contribution in [2.24, 2.45) is 0 Å². The molecule has 118 valence electrons. The van der Waals surface area contributed by atoms with Gasteiger partial charge in [-0.05, 0) is 25.5 Å². The lowest BCUT2D eigenvalue weighted by molar-refractivity contribution is 0.137. The first kappa shape index (κ1) is 16.4. The SMILES string of the molecule is Cc1ccc(S(=O)(=O)N(C)[C@H]2CS(=O)(=O)C[C@H]2O)c(C)c1. The van der Waals surface area contributed by atoms with Crippen LogP contribution in [0.1, 0.15) is 11.1 Å². The fraction of sp³-hybridized carbons (Fsp3) is 0.538. The summed E-state index contributed by atoms with van der Waals surface area (Å²) in [5.41, 5.74) is 1.54. The number of benzene rings is 1. The van der Waals surface area contributed by atoms with E-state index >= 15 is 0 Å². The topological polar surface area (TPSA) is 91.8 Å². The Labute approximate surface area is 125 Å². The van der Waals surface area contributed by atoms with Gasteiger partial charge >= 0.3 is 0 Å². The lowest BCUT2D eigenvalue weighted by Gasteiger charge is -2.26. The summed E-state index contributed by atoms with van der Waals surface area (Å²) in [6, 6.07) is 4.01. The number of hydrogen-bond donors (Lipinski definition) is 1. The van der Waals surface area contributed by atoms with Crippen molar-refractivity contribution in [1.29, 1.82) is 0 Å². The van der Waals surface area contributed by atoms with Crippen LogP contribution in [-0.2, 0) is 19.9 Å². The first-order valence-electron chi connectivity index (χ1n) is 6.48. The van der Waals surface area contributed by atoms with Crippen molar-refractivity contribution < 1.29 is 21.9 Å². The minimum absolute atomic E-state index is 0.132. The molecule has 1 aliphatic rings. The summed E-state index contributed by atoms with van der Waals surface area (Å²) in [5.74, 6) is -0.751. The number of sulfone groups is 1. The van der Waals surface area contributed by atoms with Crippen molar-refractivity contribution >= 4 is 19.9 Å². The molecule has 1 heterocycles. The van der Waals surface area contributed by atoms with E-state index in [1.165, 1.54) is 13.1 Å². The minimum atomic E-state index is -3.84. The molecular weight excluding hydrogens is 314 g/mol. The number of nitrogens with zero attached hydrogens (tertiary/aromatic N) is 1. The number of sulfonamides is 1. The molecule has 1 aliphatic heterocycles. The summed E-state index contributed by atoms with van der Waals surface area (Å²) in [4.78, 5) is 0.132. The summed E-state index contributed by atoms with van der Waals surface area (Å²) in [5, 5.41) is 9.83. The Balaban J connectivity index is 2.40. The molecule has 0 saturated carbocycles. The van der Waals surface area contributed by atoms with Gasteiger partial charge in [0.2, 0.25) is 10.0 Å². The largest absolute Gasteiger partial charge is 0.390 e. The van der Waals surface area contributed by atoms with E-state index < -0.39 is 37.8 Å². The zero-order valence-electron chi connectivity index (χ0n) is 12.1.